The third-order valence-corrected chi connectivity index (χ3v) is 5.70. The average Bonchev–Trinajstić information content (AvgIpc) is 3.30. The minimum absolute atomic E-state index is 0.00904. The van der Waals surface area contributed by atoms with E-state index in [2.05, 4.69) is 15.5 Å². The zero-order valence-electron chi connectivity index (χ0n) is 17.0. The predicted molar refractivity (Wildman–Crippen MR) is 117 cm³/mol. The van der Waals surface area contributed by atoms with E-state index in [9.17, 15) is 14.0 Å². The van der Waals surface area contributed by atoms with Gasteiger partial charge in [-0.05, 0) is 62.4 Å². The van der Waals surface area contributed by atoms with Crippen LogP contribution >= 0.6 is 0 Å². The Balaban J connectivity index is 1.55. The number of likely N-dealkylation sites (tertiary alicyclic amines) is 1. The minimum Gasteiger partial charge on any atom is -0.371 e. The minimum atomic E-state index is -0.551. The Morgan fingerprint density at radius 2 is 1.53 bits per heavy atom. The molecule has 4 rings (SSSR count). The van der Waals surface area contributed by atoms with Gasteiger partial charge in [0.1, 0.15) is 5.82 Å². The molecule has 30 heavy (non-hydrogen) atoms. The zero-order chi connectivity index (χ0) is 20.9. The van der Waals surface area contributed by atoms with Gasteiger partial charge in [-0.2, -0.15) is 0 Å². The molecular weight excluding hydrogens is 383 g/mol. The molecule has 0 saturated carbocycles. The van der Waals surface area contributed by atoms with Gasteiger partial charge in [-0.1, -0.05) is 12.1 Å². The molecule has 2 fully saturated rings. The number of piperidine rings is 1. The Bertz CT molecular complexity index is 921. The molecule has 0 unspecified atom stereocenters. The number of anilines is 3. The van der Waals surface area contributed by atoms with Gasteiger partial charge in [0.05, 0.1) is 11.3 Å². The number of hydrogen-bond donors (Lipinski definition) is 2. The van der Waals surface area contributed by atoms with E-state index >= 15 is 0 Å². The molecule has 2 aromatic carbocycles. The molecule has 0 atom stereocenters. The van der Waals surface area contributed by atoms with Crippen molar-refractivity contribution in [2.75, 3.05) is 41.7 Å². The number of carbonyl (C=O) groups is 2. The van der Waals surface area contributed by atoms with Gasteiger partial charge in [0.25, 0.3) is 5.91 Å². The summed E-state index contributed by atoms with van der Waals surface area (Å²) in [7, 11) is 0. The van der Waals surface area contributed by atoms with Crippen molar-refractivity contribution in [1.82, 2.24) is 4.90 Å². The molecule has 0 radical (unpaired) electrons. The van der Waals surface area contributed by atoms with Gasteiger partial charge in [0.15, 0.2) is 0 Å². The van der Waals surface area contributed by atoms with Gasteiger partial charge in [0.2, 0.25) is 0 Å². The molecule has 0 aliphatic carbocycles. The van der Waals surface area contributed by atoms with Crippen LogP contribution < -0.4 is 15.5 Å². The zero-order valence-corrected chi connectivity index (χ0v) is 17.0. The van der Waals surface area contributed by atoms with E-state index < -0.39 is 11.8 Å². The lowest BCUT2D eigenvalue weighted by Gasteiger charge is -2.29. The van der Waals surface area contributed by atoms with Gasteiger partial charge >= 0.3 is 6.03 Å². The van der Waals surface area contributed by atoms with Crippen LogP contribution in [0.2, 0.25) is 0 Å². The molecule has 2 aromatic rings. The molecule has 0 aromatic heterocycles. The van der Waals surface area contributed by atoms with E-state index in [4.69, 9.17) is 0 Å². The number of halogens is 1. The maximum Gasteiger partial charge on any atom is 0.323 e. The van der Waals surface area contributed by atoms with Crippen molar-refractivity contribution < 1.29 is 14.0 Å². The van der Waals surface area contributed by atoms with Crippen LogP contribution in [0.3, 0.4) is 0 Å². The fourth-order valence-corrected chi connectivity index (χ4v) is 4.13. The van der Waals surface area contributed by atoms with Crippen LogP contribution in [-0.4, -0.2) is 43.0 Å². The van der Waals surface area contributed by atoms with Crippen LogP contribution in [0.15, 0.2) is 42.5 Å². The van der Waals surface area contributed by atoms with Crippen molar-refractivity contribution in [3.8, 4) is 0 Å². The van der Waals surface area contributed by atoms with E-state index in [0.29, 0.717) is 11.3 Å². The van der Waals surface area contributed by atoms with E-state index in [1.54, 1.807) is 24.3 Å². The van der Waals surface area contributed by atoms with Crippen molar-refractivity contribution in [2.24, 2.45) is 0 Å². The van der Waals surface area contributed by atoms with Crippen LogP contribution in [0.4, 0.5) is 26.2 Å². The number of rotatable bonds is 4. The Hall–Kier alpha value is -3.09. The molecule has 0 bridgehead atoms. The normalized spacial score (nSPS) is 16.4. The summed E-state index contributed by atoms with van der Waals surface area (Å²) in [6.07, 6.45) is 5.42. The number of carbonyl (C=O) groups excluding carboxylic acids is 2. The first kappa shape index (κ1) is 20.2. The first-order valence-electron chi connectivity index (χ1n) is 10.6. The smallest absolute Gasteiger partial charge is 0.323 e. The Labute approximate surface area is 176 Å². The molecular formula is C23H27FN4O2. The van der Waals surface area contributed by atoms with Gasteiger partial charge in [0, 0.05) is 37.6 Å². The lowest BCUT2D eigenvalue weighted by molar-refractivity contribution is 0.0725. The molecule has 6 nitrogen and oxygen atoms in total. The number of nitrogens with one attached hydrogen (secondary N) is 2. The highest BCUT2D eigenvalue weighted by atomic mass is 19.1. The number of amides is 3. The summed E-state index contributed by atoms with van der Waals surface area (Å²) >= 11 is 0. The molecule has 0 spiro atoms. The lowest BCUT2D eigenvalue weighted by Crippen LogP contribution is -2.36. The first-order chi connectivity index (χ1) is 14.6. The van der Waals surface area contributed by atoms with E-state index in [1.807, 2.05) is 11.0 Å². The van der Waals surface area contributed by atoms with Crippen molar-refractivity contribution in [2.45, 2.75) is 32.1 Å². The SMILES string of the molecule is O=C(Nc1ccc(N2CCCC2)c(C(=O)N2CCCCC2)c1)Nc1ccccc1F. The second-order valence-electron chi connectivity index (χ2n) is 7.84. The van der Waals surface area contributed by atoms with Gasteiger partial charge in [-0.15, -0.1) is 0 Å². The Kier molecular flexibility index (Phi) is 6.16. The quantitative estimate of drug-likeness (QED) is 0.768. The second-order valence-corrected chi connectivity index (χ2v) is 7.84. The Morgan fingerprint density at radius 1 is 0.833 bits per heavy atom. The molecule has 158 valence electrons. The van der Waals surface area contributed by atoms with E-state index in [0.717, 1.165) is 64.0 Å². The monoisotopic (exact) mass is 410 g/mol. The van der Waals surface area contributed by atoms with Crippen LogP contribution in [-0.2, 0) is 0 Å². The van der Waals surface area contributed by atoms with Crippen molar-refractivity contribution >= 4 is 29.0 Å². The molecule has 7 heteroatoms. The standard InChI is InChI=1S/C23H27FN4O2/c24-19-8-2-3-9-20(19)26-23(30)25-17-10-11-21(27-12-6-7-13-27)18(16-17)22(29)28-14-4-1-5-15-28/h2-3,8-11,16H,1,4-7,12-15H2,(H2,25,26,30). The maximum atomic E-state index is 13.8. The highest BCUT2D eigenvalue weighted by Crippen LogP contribution is 2.29. The summed E-state index contributed by atoms with van der Waals surface area (Å²) in [6, 6.07) is 10.9. The molecule has 2 saturated heterocycles. The predicted octanol–water partition coefficient (Wildman–Crippen LogP) is 4.70. The van der Waals surface area contributed by atoms with Crippen LogP contribution in [0.1, 0.15) is 42.5 Å². The molecule has 2 N–H and O–H groups in total. The third-order valence-electron chi connectivity index (χ3n) is 5.70. The fraction of sp³-hybridized carbons (Fsp3) is 0.391. The fourth-order valence-electron chi connectivity index (χ4n) is 4.13. The summed E-state index contributed by atoms with van der Waals surface area (Å²) in [4.78, 5) is 29.8. The number of nitrogens with zero attached hydrogens (tertiary/aromatic N) is 2. The summed E-state index contributed by atoms with van der Waals surface area (Å²) in [5.41, 5.74) is 2.14. The molecule has 2 aliphatic rings. The largest absolute Gasteiger partial charge is 0.371 e. The van der Waals surface area contributed by atoms with Crippen LogP contribution in [0.5, 0.6) is 0 Å². The van der Waals surface area contributed by atoms with Crippen molar-refractivity contribution in [3.63, 3.8) is 0 Å². The average molecular weight is 410 g/mol. The van der Waals surface area contributed by atoms with Crippen molar-refractivity contribution in [3.05, 3.63) is 53.8 Å². The highest BCUT2D eigenvalue weighted by Gasteiger charge is 2.25. The Morgan fingerprint density at radius 3 is 2.27 bits per heavy atom. The topological polar surface area (TPSA) is 64.7 Å². The number of para-hydroxylation sites is 1. The lowest BCUT2D eigenvalue weighted by atomic mass is 10.1. The maximum absolute atomic E-state index is 13.8. The van der Waals surface area contributed by atoms with Gasteiger partial charge in [-0.3, -0.25) is 4.79 Å². The number of benzene rings is 2. The van der Waals surface area contributed by atoms with Crippen molar-refractivity contribution in [1.29, 1.82) is 0 Å². The summed E-state index contributed by atoms with van der Waals surface area (Å²) in [5, 5.41) is 5.24. The van der Waals surface area contributed by atoms with E-state index in [1.165, 1.54) is 12.1 Å². The van der Waals surface area contributed by atoms with Gasteiger partial charge < -0.3 is 20.4 Å². The van der Waals surface area contributed by atoms with Gasteiger partial charge in [-0.25, -0.2) is 9.18 Å². The van der Waals surface area contributed by atoms with Crippen LogP contribution in [0.25, 0.3) is 0 Å². The summed E-state index contributed by atoms with van der Waals surface area (Å²) in [5.74, 6) is -0.493. The molecule has 3 amide bonds. The third kappa shape index (κ3) is 4.56. The molecule has 2 aliphatic heterocycles. The summed E-state index contributed by atoms with van der Waals surface area (Å²) < 4.78 is 13.8. The summed E-state index contributed by atoms with van der Waals surface area (Å²) in [6.45, 7) is 3.40. The van der Waals surface area contributed by atoms with Crippen LogP contribution in [0, 0.1) is 5.82 Å². The second kappa shape index (κ2) is 9.15. The number of urea groups is 1. The first-order valence-corrected chi connectivity index (χ1v) is 10.6. The highest BCUT2D eigenvalue weighted by molar-refractivity contribution is 6.04. The molecule has 2 heterocycles. The van der Waals surface area contributed by atoms with E-state index in [-0.39, 0.29) is 11.6 Å². The number of hydrogen-bond acceptors (Lipinski definition) is 3.